The lowest BCUT2D eigenvalue weighted by Crippen LogP contribution is -2.37. The molecule has 1 atom stereocenters. The molecule has 1 unspecified atom stereocenters. The van der Waals surface area contributed by atoms with E-state index in [2.05, 4.69) is 36.8 Å². The van der Waals surface area contributed by atoms with E-state index in [-0.39, 0.29) is 13.0 Å². The molecule has 0 bridgehead atoms. The van der Waals surface area contributed by atoms with Crippen LogP contribution in [0.4, 0.5) is 20.4 Å². The van der Waals surface area contributed by atoms with Gasteiger partial charge in [-0.3, -0.25) is 9.58 Å². The zero-order chi connectivity index (χ0) is 25.5. The van der Waals surface area contributed by atoms with E-state index in [1.54, 1.807) is 22.8 Å². The first-order chi connectivity index (χ1) is 17.4. The SMILES string of the molecule is Cn1ncc2c(NC(CCN(CCCCc3ccc4c(n3)NCCC4)CC(F)F)C(=O)O)ncnc21. The van der Waals surface area contributed by atoms with Gasteiger partial charge in [-0.05, 0) is 56.7 Å². The normalized spacial score (nSPS) is 14.1. The molecule has 0 amide bonds. The zero-order valence-corrected chi connectivity index (χ0v) is 20.3. The van der Waals surface area contributed by atoms with E-state index < -0.39 is 25.0 Å². The average Bonchev–Trinajstić information content (AvgIpc) is 3.25. The Balaban J connectivity index is 1.30. The molecule has 3 N–H and O–H groups in total. The standard InChI is InChI=1S/C24H32F2N8O2/c1-33-23-18(13-30-33)22(28-15-29-23)32-19(24(35)36)9-12-34(14-20(25)26)11-3-2-6-17-8-7-16-5-4-10-27-21(16)31-17/h7-8,13,15,19-20H,2-6,9-12,14H2,1H3,(H,27,31)(H,35,36)(H,28,29,32). The molecular weight excluding hydrogens is 470 g/mol. The van der Waals surface area contributed by atoms with E-state index in [1.807, 2.05) is 6.07 Å². The first kappa shape index (κ1) is 25.7. The molecule has 36 heavy (non-hydrogen) atoms. The van der Waals surface area contributed by atoms with Gasteiger partial charge in [0, 0.05) is 25.8 Å². The fourth-order valence-electron chi connectivity index (χ4n) is 4.45. The number of halogens is 2. The van der Waals surface area contributed by atoms with Crippen LogP contribution >= 0.6 is 0 Å². The van der Waals surface area contributed by atoms with Gasteiger partial charge in [-0.1, -0.05) is 6.07 Å². The summed E-state index contributed by atoms with van der Waals surface area (Å²) in [7, 11) is 1.73. The van der Waals surface area contributed by atoms with Gasteiger partial charge in [0.15, 0.2) is 5.65 Å². The first-order valence-electron chi connectivity index (χ1n) is 12.3. The number of fused-ring (bicyclic) bond motifs is 2. The number of carboxylic acid groups (broad SMARTS) is 1. The molecule has 10 nitrogen and oxygen atoms in total. The highest BCUT2D eigenvalue weighted by molar-refractivity contribution is 5.88. The summed E-state index contributed by atoms with van der Waals surface area (Å²) in [5, 5.41) is 20.7. The van der Waals surface area contributed by atoms with Crippen molar-refractivity contribution in [2.24, 2.45) is 7.05 Å². The van der Waals surface area contributed by atoms with Gasteiger partial charge in [0.05, 0.1) is 18.1 Å². The van der Waals surface area contributed by atoms with Gasteiger partial charge in [0.1, 0.15) is 24.0 Å². The number of carbonyl (C=O) groups is 1. The lowest BCUT2D eigenvalue weighted by molar-refractivity contribution is -0.138. The van der Waals surface area contributed by atoms with Gasteiger partial charge in [0.2, 0.25) is 0 Å². The van der Waals surface area contributed by atoms with Crippen molar-refractivity contribution in [2.75, 3.05) is 36.8 Å². The molecule has 1 aliphatic heterocycles. The molecule has 0 fully saturated rings. The van der Waals surface area contributed by atoms with Crippen LogP contribution in [0.25, 0.3) is 11.0 Å². The molecule has 1 aliphatic rings. The predicted molar refractivity (Wildman–Crippen MR) is 132 cm³/mol. The summed E-state index contributed by atoms with van der Waals surface area (Å²) >= 11 is 0. The number of carboxylic acids is 1. The van der Waals surface area contributed by atoms with Crippen LogP contribution in [-0.4, -0.2) is 79.4 Å². The predicted octanol–water partition coefficient (Wildman–Crippen LogP) is 2.96. The molecule has 194 valence electrons. The quantitative estimate of drug-likeness (QED) is 0.303. The monoisotopic (exact) mass is 502 g/mol. The third-order valence-corrected chi connectivity index (χ3v) is 6.38. The number of nitrogens with zero attached hydrogens (tertiary/aromatic N) is 6. The summed E-state index contributed by atoms with van der Waals surface area (Å²) < 4.78 is 28.0. The number of alkyl halides is 2. The fourth-order valence-corrected chi connectivity index (χ4v) is 4.45. The molecule has 0 radical (unpaired) electrons. The Morgan fingerprint density at radius 2 is 2.14 bits per heavy atom. The van der Waals surface area contributed by atoms with Crippen LogP contribution in [0.1, 0.15) is 36.9 Å². The van der Waals surface area contributed by atoms with Gasteiger partial charge in [0.25, 0.3) is 6.43 Å². The van der Waals surface area contributed by atoms with Crippen molar-refractivity contribution in [3.63, 3.8) is 0 Å². The van der Waals surface area contributed by atoms with Crippen LogP contribution in [0.3, 0.4) is 0 Å². The van der Waals surface area contributed by atoms with Crippen LogP contribution in [-0.2, 0) is 24.7 Å². The number of anilines is 2. The van der Waals surface area contributed by atoms with Crippen molar-refractivity contribution in [3.05, 3.63) is 35.9 Å². The van der Waals surface area contributed by atoms with Gasteiger partial charge in [-0.2, -0.15) is 5.10 Å². The number of rotatable bonds is 13. The summed E-state index contributed by atoms with van der Waals surface area (Å²) in [5.74, 6) is 0.236. The lowest BCUT2D eigenvalue weighted by atomic mass is 10.1. The fraction of sp³-hybridized carbons (Fsp3) is 0.542. The minimum absolute atomic E-state index is 0.145. The molecule has 0 saturated heterocycles. The number of aromatic nitrogens is 5. The van der Waals surface area contributed by atoms with Crippen LogP contribution in [0.5, 0.6) is 0 Å². The Hall–Kier alpha value is -3.41. The molecule has 0 aromatic carbocycles. The topological polar surface area (TPSA) is 121 Å². The van der Waals surface area contributed by atoms with Crippen molar-refractivity contribution in [1.29, 1.82) is 0 Å². The Morgan fingerprint density at radius 1 is 1.28 bits per heavy atom. The smallest absolute Gasteiger partial charge is 0.326 e. The van der Waals surface area contributed by atoms with E-state index in [9.17, 15) is 18.7 Å². The lowest BCUT2D eigenvalue weighted by Gasteiger charge is -2.24. The minimum atomic E-state index is -2.49. The minimum Gasteiger partial charge on any atom is -0.480 e. The molecule has 12 heteroatoms. The first-order valence-corrected chi connectivity index (χ1v) is 12.3. The molecule has 3 aromatic heterocycles. The second kappa shape index (κ2) is 12.0. The highest BCUT2D eigenvalue weighted by Crippen LogP contribution is 2.21. The van der Waals surface area contributed by atoms with Crippen LogP contribution in [0, 0.1) is 0 Å². The van der Waals surface area contributed by atoms with Crippen molar-refractivity contribution in [1.82, 2.24) is 29.6 Å². The Kier molecular flexibility index (Phi) is 8.57. The highest BCUT2D eigenvalue weighted by Gasteiger charge is 2.22. The number of pyridine rings is 1. The summed E-state index contributed by atoms with van der Waals surface area (Å²) in [6, 6.07) is 3.16. The summed E-state index contributed by atoms with van der Waals surface area (Å²) in [6.45, 7) is 1.22. The number of aliphatic carboxylic acids is 1. The van der Waals surface area contributed by atoms with Crippen LogP contribution in [0.2, 0.25) is 0 Å². The molecule has 0 spiro atoms. The van der Waals surface area contributed by atoms with Gasteiger partial charge in [-0.15, -0.1) is 0 Å². The summed E-state index contributed by atoms with van der Waals surface area (Å²) in [6.07, 6.45) is 4.99. The second-order valence-electron chi connectivity index (χ2n) is 9.04. The average molecular weight is 503 g/mol. The van der Waals surface area contributed by atoms with Crippen molar-refractivity contribution < 1.29 is 18.7 Å². The number of nitrogens with one attached hydrogen (secondary N) is 2. The van der Waals surface area contributed by atoms with E-state index in [4.69, 9.17) is 0 Å². The third kappa shape index (κ3) is 6.62. The molecular formula is C24H32F2N8O2. The van der Waals surface area contributed by atoms with Gasteiger partial charge in [-0.25, -0.2) is 28.5 Å². The van der Waals surface area contributed by atoms with Crippen LogP contribution in [0.15, 0.2) is 24.7 Å². The largest absolute Gasteiger partial charge is 0.480 e. The molecule has 4 heterocycles. The van der Waals surface area contributed by atoms with Gasteiger partial charge >= 0.3 is 5.97 Å². The van der Waals surface area contributed by atoms with Crippen molar-refractivity contribution in [2.45, 2.75) is 51.0 Å². The maximum absolute atomic E-state index is 13.2. The summed E-state index contributed by atoms with van der Waals surface area (Å²) in [5.41, 5.74) is 2.80. The number of hydrogen-bond acceptors (Lipinski definition) is 8. The van der Waals surface area contributed by atoms with E-state index in [0.717, 1.165) is 43.7 Å². The van der Waals surface area contributed by atoms with E-state index in [1.165, 1.54) is 11.9 Å². The number of hydrogen-bond donors (Lipinski definition) is 3. The molecule has 3 aromatic rings. The van der Waals surface area contributed by atoms with Crippen molar-refractivity contribution in [3.8, 4) is 0 Å². The Bertz CT molecular complexity index is 1170. The van der Waals surface area contributed by atoms with Crippen LogP contribution < -0.4 is 10.6 Å². The molecule has 0 aliphatic carbocycles. The Morgan fingerprint density at radius 3 is 2.94 bits per heavy atom. The third-order valence-electron chi connectivity index (χ3n) is 6.38. The maximum Gasteiger partial charge on any atom is 0.326 e. The highest BCUT2D eigenvalue weighted by atomic mass is 19.3. The maximum atomic E-state index is 13.2. The van der Waals surface area contributed by atoms with E-state index in [0.29, 0.717) is 29.8 Å². The number of aryl methyl sites for hydroxylation is 3. The zero-order valence-electron chi connectivity index (χ0n) is 20.3. The second-order valence-corrected chi connectivity index (χ2v) is 9.04. The van der Waals surface area contributed by atoms with Gasteiger partial charge < -0.3 is 15.7 Å². The summed E-state index contributed by atoms with van der Waals surface area (Å²) in [4.78, 5) is 26.5. The molecule has 0 saturated carbocycles. The number of unbranched alkanes of at least 4 members (excludes halogenated alkanes) is 1. The Labute approximate surface area is 208 Å². The van der Waals surface area contributed by atoms with Crippen molar-refractivity contribution >= 4 is 28.6 Å². The molecule has 4 rings (SSSR count). The van der Waals surface area contributed by atoms with E-state index >= 15 is 0 Å².